The van der Waals surface area contributed by atoms with Crippen LogP contribution in [0.1, 0.15) is 13.8 Å². The van der Waals surface area contributed by atoms with Crippen LogP contribution in [0.3, 0.4) is 0 Å². The van der Waals surface area contributed by atoms with E-state index in [0.717, 1.165) is 6.07 Å². The van der Waals surface area contributed by atoms with Gasteiger partial charge in [0, 0.05) is 4.90 Å². The van der Waals surface area contributed by atoms with Crippen LogP contribution in [0.2, 0.25) is 0 Å². The Morgan fingerprint density at radius 2 is 2.00 bits per heavy atom. The fraction of sp³-hybridized carbons (Fsp3) is 0.400. The molecule has 0 spiro atoms. The summed E-state index contributed by atoms with van der Waals surface area (Å²) < 4.78 is 31.1. The van der Waals surface area contributed by atoms with E-state index in [2.05, 4.69) is 12.6 Å². The molecular formula is C10H12F2OS. The van der Waals surface area contributed by atoms with Crippen LogP contribution in [0.5, 0.6) is 5.75 Å². The predicted octanol–water partition coefficient (Wildman–Crippen LogP) is 3.29. The van der Waals surface area contributed by atoms with Crippen molar-refractivity contribution in [3.05, 3.63) is 23.8 Å². The quantitative estimate of drug-likeness (QED) is 0.766. The lowest BCUT2D eigenvalue weighted by atomic mass is 10.2. The van der Waals surface area contributed by atoms with E-state index < -0.39 is 11.6 Å². The third-order valence-electron chi connectivity index (χ3n) is 1.55. The van der Waals surface area contributed by atoms with Gasteiger partial charge in [0.1, 0.15) is 0 Å². The molecule has 0 radical (unpaired) electrons. The number of halogens is 2. The molecule has 0 bridgehead atoms. The van der Waals surface area contributed by atoms with Gasteiger partial charge in [-0.2, -0.15) is 4.39 Å². The third-order valence-corrected chi connectivity index (χ3v) is 1.81. The van der Waals surface area contributed by atoms with Crippen LogP contribution in [0.4, 0.5) is 8.78 Å². The summed E-state index contributed by atoms with van der Waals surface area (Å²) in [7, 11) is 0. The van der Waals surface area contributed by atoms with E-state index in [1.54, 1.807) is 0 Å². The molecule has 1 aromatic carbocycles. The molecule has 14 heavy (non-hydrogen) atoms. The monoisotopic (exact) mass is 218 g/mol. The van der Waals surface area contributed by atoms with Gasteiger partial charge in [-0.15, -0.1) is 12.6 Å². The number of rotatable bonds is 3. The fourth-order valence-electron chi connectivity index (χ4n) is 0.912. The first-order valence-corrected chi connectivity index (χ1v) is 4.76. The highest BCUT2D eigenvalue weighted by atomic mass is 32.1. The van der Waals surface area contributed by atoms with Crippen molar-refractivity contribution >= 4 is 12.6 Å². The Bertz CT molecular complexity index is 326. The Morgan fingerprint density at radius 1 is 1.36 bits per heavy atom. The molecule has 0 N–H and O–H groups in total. The van der Waals surface area contributed by atoms with Crippen LogP contribution < -0.4 is 4.74 Å². The fourth-order valence-corrected chi connectivity index (χ4v) is 1.14. The summed E-state index contributed by atoms with van der Waals surface area (Å²) in [6.45, 7) is 4.21. The van der Waals surface area contributed by atoms with Gasteiger partial charge in [0.15, 0.2) is 11.6 Å². The van der Waals surface area contributed by atoms with Crippen LogP contribution in [-0.2, 0) is 0 Å². The summed E-state index contributed by atoms with van der Waals surface area (Å²) in [6.07, 6.45) is 0. The minimum absolute atomic E-state index is 0.0799. The second kappa shape index (κ2) is 4.64. The minimum atomic E-state index is -0.955. The van der Waals surface area contributed by atoms with Crippen LogP contribution >= 0.6 is 12.6 Å². The highest BCUT2D eigenvalue weighted by molar-refractivity contribution is 7.80. The Morgan fingerprint density at radius 3 is 2.57 bits per heavy atom. The van der Waals surface area contributed by atoms with Crippen LogP contribution in [0.15, 0.2) is 17.0 Å². The van der Waals surface area contributed by atoms with E-state index in [-0.39, 0.29) is 11.7 Å². The van der Waals surface area contributed by atoms with Crippen LogP contribution in [0, 0.1) is 17.6 Å². The molecule has 0 aliphatic heterocycles. The van der Waals surface area contributed by atoms with Crippen molar-refractivity contribution in [1.29, 1.82) is 0 Å². The molecule has 1 nitrogen and oxygen atoms in total. The molecule has 0 heterocycles. The number of ether oxygens (including phenoxy) is 1. The maximum atomic E-state index is 13.1. The van der Waals surface area contributed by atoms with Gasteiger partial charge >= 0.3 is 0 Å². The van der Waals surface area contributed by atoms with Crippen molar-refractivity contribution in [2.45, 2.75) is 18.7 Å². The molecule has 0 saturated carbocycles. The smallest absolute Gasteiger partial charge is 0.200 e. The van der Waals surface area contributed by atoms with E-state index in [4.69, 9.17) is 4.74 Å². The summed E-state index contributed by atoms with van der Waals surface area (Å²) in [4.78, 5) is 0.350. The third kappa shape index (κ3) is 2.87. The summed E-state index contributed by atoms with van der Waals surface area (Å²) >= 11 is 3.93. The minimum Gasteiger partial charge on any atom is -0.490 e. The highest BCUT2D eigenvalue weighted by Crippen LogP contribution is 2.24. The molecule has 0 aliphatic carbocycles. The summed E-state index contributed by atoms with van der Waals surface area (Å²) in [5.41, 5.74) is 0. The van der Waals surface area contributed by atoms with Crippen LogP contribution in [0.25, 0.3) is 0 Å². The number of thiol groups is 1. The molecule has 4 heteroatoms. The number of hydrogen-bond donors (Lipinski definition) is 1. The first-order valence-electron chi connectivity index (χ1n) is 4.31. The Balaban J connectivity index is 2.85. The van der Waals surface area contributed by atoms with E-state index in [1.165, 1.54) is 6.07 Å². The van der Waals surface area contributed by atoms with E-state index in [9.17, 15) is 8.78 Å². The van der Waals surface area contributed by atoms with E-state index >= 15 is 0 Å². The molecule has 1 aromatic rings. The Hall–Kier alpha value is -0.770. The van der Waals surface area contributed by atoms with Crippen LogP contribution in [-0.4, -0.2) is 6.61 Å². The Kier molecular flexibility index (Phi) is 3.75. The zero-order valence-electron chi connectivity index (χ0n) is 8.05. The zero-order chi connectivity index (χ0) is 10.7. The molecule has 0 saturated heterocycles. The van der Waals surface area contributed by atoms with Gasteiger partial charge in [0.25, 0.3) is 0 Å². The molecule has 0 unspecified atom stereocenters. The number of hydrogen-bond acceptors (Lipinski definition) is 2. The second-order valence-electron chi connectivity index (χ2n) is 3.44. The largest absolute Gasteiger partial charge is 0.490 e. The Labute approximate surface area is 87.5 Å². The first-order chi connectivity index (χ1) is 6.50. The van der Waals surface area contributed by atoms with Gasteiger partial charge in [-0.25, -0.2) is 4.39 Å². The van der Waals surface area contributed by atoms with Crippen molar-refractivity contribution in [1.82, 2.24) is 0 Å². The highest BCUT2D eigenvalue weighted by Gasteiger charge is 2.11. The molecule has 0 aromatic heterocycles. The van der Waals surface area contributed by atoms with Gasteiger partial charge in [0.2, 0.25) is 5.82 Å². The SMILES string of the molecule is CC(C)COc1cc(S)cc(F)c1F. The predicted molar refractivity (Wildman–Crippen MR) is 53.9 cm³/mol. The van der Waals surface area contributed by atoms with Crippen molar-refractivity contribution in [3.8, 4) is 5.75 Å². The molecule has 0 fully saturated rings. The molecule has 0 aliphatic rings. The summed E-state index contributed by atoms with van der Waals surface area (Å²) in [5, 5.41) is 0. The van der Waals surface area contributed by atoms with Gasteiger partial charge in [-0.3, -0.25) is 0 Å². The van der Waals surface area contributed by atoms with Crippen molar-refractivity contribution in [3.63, 3.8) is 0 Å². The summed E-state index contributed by atoms with van der Waals surface area (Å²) in [5.74, 6) is -1.70. The lowest BCUT2D eigenvalue weighted by Gasteiger charge is -2.10. The van der Waals surface area contributed by atoms with Crippen molar-refractivity contribution in [2.75, 3.05) is 6.61 Å². The lowest BCUT2D eigenvalue weighted by molar-refractivity contribution is 0.254. The standard InChI is InChI=1S/C10H12F2OS/c1-6(2)5-13-9-4-7(14)3-8(11)10(9)12/h3-4,6,14H,5H2,1-2H3. The van der Waals surface area contributed by atoms with Gasteiger partial charge in [-0.05, 0) is 18.1 Å². The molecule has 1 rings (SSSR count). The zero-order valence-corrected chi connectivity index (χ0v) is 8.94. The maximum absolute atomic E-state index is 13.1. The molecule has 0 atom stereocenters. The lowest BCUT2D eigenvalue weighted by Crippen LogP contribution is -2.06. The summed E-state index contributed by atoms with van der Waals surface area (Å²) in [6, 6.07) is 2.38. The van der Waals surface area contributed by atoms with Crippen molar-refractivity contribution < 1.29 is 13.5 Å². The van der Waals surface area contributed by atoms with Gasteiger partial charge in [0.05, 0.1) is 6.61 Å². The number of benzene rings is 1. The van der Waals surface area contributed by atoms with E-state index in [0.29, 0.717) is 11.5 Å². The van der Waals surface area contributed by atoms with E-state index in [1.807, 2.05) is 13.8 Å². The van der Waals surface area contributed by atoms with Gasteiger partial charge < -0.3 is 4.74 Å². The van der Waals surface area contributed by atoms with Crippen molar-refractivity contribution in [2.24, 2.45) is 5.92 Å². The molecule has 0 amide bonds. The average molecular weight is 218 g/mol. The normalized spacial score (nSPS) is 10.7. The molecular weight excluding hydrogens is 206 g/mol. The topological polar surface area (TPSA) is 9.23 Å². The van der Waals surface area contributed by atoms with Gasteiger partial charge in [-0.1, -0.05) is 13.8 Å². The first kappa shape index (κ1) is 11.3. The second-order valence-corrected chi connectivity index (χ2v) is 3.96. The molecule has 78 valence electrons. The average Bonchev–Trinajstić information content (AvgIpc) is 2.08. The maximum Gasteiger partial charge on any atom is 0.200 e.